The molecule has 2 N–H and O–H groups in total. The maximum Gasteiger partial charge on any atom is 0.0628 e. The van der Waals surface area contributed by atoms with Crippen LogP contribution in [0.5, 0.6) is 0 Å². The summed E-state index contributed by atoms with van der Waals surface area (Å²) in [6.07, 6.45) is 6.46. The maximum absolute atomic E-state index is 9.80. The molecule has 1 aliphatic heterocycles. The SMILES string of the molecule is CCC1(CC)CCN(CC(CO)(NC)C2CC2)C1. The molecule has 3 nitrogen and oxygen atoms in total. The van der Waals surface area contributed by atoms with E-state index in [1.165, 1.54) is 45.2 Å². The highest BCUT2D eigenvalue weighted by Gasteiger charge is 2.46. The van der Waals surface area contributed by atoms with Crippen molar-refractivity contribution in [2.45, 2.75) is 51.5 Å². The van der Waals surface area contributed by atoms with Crippen molar-refractivity contribution in [2.24, 2.45) is 11.3 Å². The summed E-state index contributed by atoms with van der Waals surface area (Å²) >= 11 is 0. The monoisotopic (exact) mass is 254 g/mol. The summed E-state index contributed by atoms with van der Waals surface area (Å²) in [6, 6.07) is 0. The van der Waals surface area contributed by atoms with Crippen molar-refractivity contribution in [3.63, 3.8) is 0 Å². The van der Waals surface area contributed by atoms with Crippen molar-refractivity contribution in [1.29, 1.82) is 0 Å². The number of likely N-dealkylation sites (N-methyl/N-ethyl adjacent to an activating group) is 1. The molecule has 0 aromatic carbocycles. The zero-order valence-electron chi connectivity index (χ0n) is 12.3. The first-order valence-electron chi connectivity index (χ1n) is 7.66. The van der Waals surface area contributed by atoms with Crippen LogP contribution in [0.1, 0.15) is 46.0 Å². The summed E-state index contributed by atoms with van der Waals surface area (Å²) in [5, 5.41) is 13.2. The number of hydrogen-bond acceptors (Lipinski definition) is 3. The van der Waals surface area contributed by atoms with E-state index >= 15 is 0 Å². The predicted molar refractivity (Wildman–Crippen MR) is 75.7 cm³/mol. The Hall–Kier alpha value is -0.120. The van der Waals surface area contributed by atoms with Gasteiger partial charge >= 0.3 is 0 Å². The molecule has 0 bridgehead atoms. The van der Waals surface area contributed by atoms with Crippen molar-refractivity contribution >= 4 is 0 Å². The van der Waals surface area contributed by atoms with Gasteiger partial charge in [-0.2, -0.15) is 0 Å². The van der Waals surface area contributed by atoms with E-state index in [1.807, 2.05) is 7.05 Å². The Kier molecular flexibility index (Phi) is 4.35. The van der Waals surface area contributed by atoms with Gasteiger partial charge in [-0.3, -0.25) is 0 Å². The molecule has 106 valence electrons. The van der Waals surface area contributed by atoms with Gasteiger partial charge in [0.05, 0.1) is 12.1 Å². The van der Waals surface area contributed by atoms with Gasteiger partial charge in [0.25, 0.3) is 0 Å². The van der Waals surface area contributed by atoms with E-state index in [1.54, 1.807) is 0 Å². The Morgan fingerprint density at radius 2 is 2.00 bits per heavy atom. The number of hydrogen-bond donors (Lipinski definition) is 2. The van der Waals surface area contributed by atoms with Crippen LogP contribution >= 0.6 is 0 Å². The number of aliphatic hydroxyl groups excluding tert-OH is 1. The van der Waals surface area contributed by atoms with Gasteiger partial charge in [-0.15, -0.1) is 0 Å². The van der Waals surface area contributed by atoms with Crippen molar-refractivity contribution in [2.75, 3.05) is 33.3 Å². The second-order valence-electron chi connectivity index (χ2n) is 6.51. The van der Waals surface area contributed by atoms with Crippen LogP contribution in [-0.4, -0.2) is 48.8 Å². The summed E-state index contributed by atoms with van der Waals surface area (Å²) in [5.41, 5.74) is 0.496. The molecule has 0 spiro atoms. The van der Waals surface area contributed by atoms with Gasteiger partial charge in [-0.1, -0.05) is 13.8 Å². The molecule has 1 saturated heterocycles. The van der Waals surface area contributed by atoms with Gasteiger partial charge in [0.15, 0.2) is 0 Å². The van der Waals surface area contributed by atoms with Crippen molar-refractivity contribution < 1.29 is 5.11 Å². The summed E-state index contributed by atoms with van der Waals surface area (Å²) in [6.45, 7) is 8.37. The first-order valence-corrected chi connectivity index (χ1v) is 7.66. The molecular weight excluding hydrogens is 224 g/mol. The van der Waals surface area contributed by atoms with Gasteiger partial charge in [0.2, 0.25) is 0 Å². The van der Waals surface area contributed by atoms with Crippen LogP contribution in [0.2, 0.25) is 0 Å². The second-order valence-corrected chi connectivity index (χ2v) is 6.51. The molecule has 2 rings (SSSR count). The van der Waals surface area contributed by atoms with Crippen LogP contribution in [-0.2, 0) is 0 Å². The molecule has 0 amide bonds. The largest absolute Gasteiger partial charge is 0.394 e. The molecule has 2 fully saturated rings. The number of nitrogens with one attached hydrogen (secondary N) is 1. The lowest BCUT2D eigenvalue weighted by molar-refractivity contribution is 0.100. The lowest BCUT2D eigenvalue weighted by Gasteiger charge is -2.37. The molecule has 1 aliphatic carbocycles. The van der Waals surface area contributed by atoms with Crippen LogP contribution in [0.15, 0.2) is 0 Å². The third-order valence-electron chi connectivity index (χ3n) is 5.66. The summed E-state index contributed by atoms with van der Waals surface area (Å²) < 4.78 is 0. The highest BCUT2D eigenvalue weighted by atomic mass is 16.3. The Bertz CT molecular complexity index is 268. The Morgan fingerprint density at radius 3 is 2.39 bits per heavy atom. The molecule has 1 saturated carbocycles. The first-order chi connectivity index (χ1) is 8.63. The van der Waals surface area contributed by atoms with Gasteiger partial charge < -0.3 is 15.3 Å². The lowest BCUT2D eigenvalue weighted by Crippen LogP contribution is -2.56. The Balaban J connectivity index is 1.97. The van der Waals surface area contributed by atoms with Gasteiger partial charge in [0, 0.05) is 13.1 Å². The van der Waals surface area contributed by atoms with Gasteiger partial charge in [-0.05, 0) is 57.0 Å². The minimum atomic E-state index is -0.0441. The molecule has 18 heavy (non-hydrogen) atoms. The molecule has 2 aliphatic rings. The Morgan fingerprint density at radius 1 is 1.33 bits per heavy atom. The summed E-state index contributed by atoms with van der Waals surface area (Å²) in [7, 11) is 2.01. The van der Waals surface area contributed by atoms with E-state index in [4.69, 9.17) is 0 Å². The van der Waals surface area contributed by atoms with Crippen molar-refractivity contribution in [3.05, 3.63) is 0 Å². The number of likely N-dealkylation sites (tertiary alicyclic amines) is 1. The zero-order chi connectivity index (χ0) is 13.2. The third-order valence-corrected chi connectivity index (χ3v) is 5.66. The van der Waals surface area contributed by atoms with E-state index < -0.39 is 0 Å². The van der Waals surface area contributed by atoms with Gasteiger partial charge in [0.1, 0.15) is 0 Å². The minimum absolute atomic E-state index is 0.0441. The number of nitrogens with zero attached hydrogens (tertiary/aromatic N) is 1. The zero-order valence-corrected chi connectivity index (χ0v) is 12.3. The minimum Gasteiger partial charge on any atom is -0.394 e. The average Bonchev–Trinajstić information content (AvgIpc) is 3.19. The quantitative estimate of drug-likeness (QED) is 0.728. The molecule has 1 atom stereocenters. The standard InChI is InChI=1S/C15H30N2O/c1-4-14(5-2)8-9-17(10-14)11-15(12-18,16-3)13-6-7-13/h13,16,18H,4-12H2,1-3H3. The fraction of sp³-hybridized carbons (Fsp3) is 1.00. The van der Waals surface area contributed by atoms with Crippen molar-refractivity contribution in [1.82, 2.24) is 10.2 Å². The molecule has 0 aromatic heterocycles. The van der Waals surface area contributed by atoms with E-state index in [9.17, 15) is 5.11 Å². The van der Waals surface area contributed by atoms with E-state index in [-0.39, 0.29) is 12.1 Å². The smallest absolute Gasteiger partial charge is 0.0628 e. The fourth-order valence-electron chi connectivity index (χ4n) is 3.70. The molecule has 0 aromatic rings. The maximum atomic E-state index is 9.80. The molecule has 1 heterocycles. The van der Waals surface area contributed by atoms with E-state index in [2.05, 4.69) is 24.1 Å². The van der Waals surface area contributed by atoms with Crippen LogP contribution in [0.25, 0.3) is 0 Å². The molecule has 1 unspecified atom stereocenters. The number of rotatable bonds is 7. The molecular formula is C15H30N2O. The van der Waals surface area contributed by atoms with Gasteiger partial charge in [-0.25, -0.2) is 0 Å². The van der Waals surface area contributed by atoms with E-state index in [0.717, 1.165) is 6.54 Å². The average molecular weight is 254 g/mol. The van der Waals surface area contributed by atoms with Crippen molar-refractivity contribution in [3.8, 4) is 0 Å². The van der Waals surface area contributed by atoms with E-state index in [0.29, 0.717) is 11.3 Å². The highest BCUT2D eigenvalue weighted by molar-refractivity contribution is 5.03. The third kappa shape index (κ3) is 2.59. The van der Waals surface area contributed by atoms with Crippen LogP contribution in [0.4, 0.5) is 0 Å². The Labute approximate surface area is 112 Å². The second kappa shape index (κ2) is 5.48. The summed E-state index contributed by atoms with van der Waals surface area (Å²) in [4.78, 5) is 2.58. The lowest BCUT2D eigenvalue weighted by atomic mass is 9.82. The highest BCUT2D eigenvalue weighted by Crippen LogP contribution is 2.42. The first kappa shape index (κ1) is 14.3. The van der Waals surface area contributed by atoms with Crippen LogP contribution in [0.3, 0.4) is 0 Å². The predicted octanol–water partition coefficient (Wildman–Crippen LogP) is 1.86. The molecule has 3 heteroatoms. The normalized spacial score (nSPS) is 27.3. The number of aliphatic hydroxyl groups is 1. The van der Waals surface area contributed by atoms with Crippen LogP contribution < -0.4 is 5.32 Å². The summed E-state index contributed by atoms with van der Waals surface area (Å²) in [5.74, 6) is 0.686. The topological polar surface area (TPSA) is 35.5 Å². The fourth-order valence-corrected chi connectivity index (χ4v) is 3.70. The van der Waals surface area contributed by atoms with Crippen LogP contribution in [0, 0.1) is 11.3 Å². The molecule has 0 radical (unpaired) electrons.